The number of nitrogens with one attached hydrogen (secondary N) is 3. The number of carbonyl (C=O) groups excluding carboxylic acids is 1. The van der Waals surface area contributed by atoms with Gasteiger partial charge in [-0.05, 0) is 62.8 Å². The fraction of sp³-hybridized carbons (Fsp3) is 0.400. The SMILES string of the molecule is CC(=O)NC1CCC(Nc2nc(NCCOc3ccc(-c4ccccc4)cc3)c3ncn(C(C)C)c3n2)CC1. The third kappa shape index (κ3) is 6.66. The van der Waals surface area contributed by atoms with Crippen LogP contribution in [0, 0.1) is 0 Å². The number of ether oxygens (including phenoxy) is 1. The fourth-order valence-electron chi connectivity index (χ4n) is 5.05. The molecule has 39 heavy (non-hydrogen) atoms. The van der Waals surface area contributed by atoms with E-state index in [1.165, 1.54) is 5.56 Å². The predicted molar refractivity (Wildman–Crippen MR) is 155 cm³/mol. The Morgan fingerprint density at radius 1 is 0.974 bits per heavy atom. The Kier molecular flexibility index (Phi) is 8.24. The van der Waals surface area contributed by atoms with Gasteiger partial charge in [0.25, 0.3) is 0 Å². The number of hydrogen-bond acceptors (Lipinski definition) is 7. The minimum Gasteiger partial charge on any atom is -0.492 e. The van der Waals surface area contributed by atoms with Crippen LogP contribution in [0.5, 0.6) is 5.75 Å². The molecular formula is C30H37N7O2. The molecule has 2 aromatic heterocycles. The number of anilines is 2. The average Bonchev–Trinajstić information content (AvgIpc) is 3.37. The standard InChI is InChI=1S/C30H37N7O2/c1-20(2)37-19-32-27-28(31-17-18-39-26-15-9-23(10-16-26)22-7-5-4-6-8-22)35-30(36-29(27)37)34-25-13-11-24(12-14-25)33-21(3)38/h4-10,15-16,19-20,24-25H,11-14,17-18H2,1-3H3,(H,33,38)(H2,31,34,35,36). The first-order valence-electron chi connectivity index (χ1n) is 13.8. The van der Waals surface area contributed by atoms with Crippen molar-refractivity contribution in [3.8, 4) is 16.9 Å². The topological polar surface area (TPSA) is 106 Å². The molecule has 2 aromatic carbocycles. The van der Waals surface area contributed by atoms with Gasteiger partial charge in [0.05, 0.1) is 12.9 Å². The minimum atomic E-state index is 0.0334. The Balaban J connectivity index is 1.22. The molecule has 1 aliphatic rings. The maximum absolute atomic E-state index is 11.4. The summed E-state index contributed by atoms with van der Waals surface area (Å²) in [6.07, 6.45) is 5.61. The molecule has 5 rings (SSSR count). The molecule has 0 unspecified atom stereocenters. The van der Waals surface area contributed by atoms with E-state index >= 15 is 0 Å². The lowest BCUT2D eigenvalue weighted by atomic mass is 9.91. The molecule has 1 saturated carbocycles. The van der Waals surface area contributed by atoms with E-state index in [2.05, 4.69) is 63.6 Å². The molecule has 0 aliphatic heterocycles. The predicted octanol–water partition coefficient (Wildman–Crippen LogP) is 5.42. The van der Waals surface area contributed by atoms with Crippen molar-refractivity contribution >= 4 is 28.8 Å². The highest BCUT2D eigenvalue weighted by molar-refractivity contribution is 5.84. The molecule has 4 aromatic rings. The summed E-state index contributed by atoms with van der Waals surface area (Å²) in [5, 5.41) is 9.98. The van der Waals surface area contributed by atoms with E-state index < -0.39 is 0 Å². The van der Waals surface area contributed by atoms with Gasteiger partial charge in [0.2, 0.25) is 11.9 Å². The number of benzene rings is 2. The van der Waals surface area contributed by atoms with E-state index in [1.54, 1.807) is 6.92 Å². The Hall–Kier alpha value is -4.14. The van der Waals surface area contributed by atoms with Crippen molar-refractivity contribution in [2.24, 2.45) is 0 Å². The molecular weight excluding hydrogens is 490 g/mol. The summed E-state index contributed by atoms with van der Waals surface area (Å²) in [4.78, 5) is 25.6. The van der Waals surface area contributed by atoms with Crippen molar-refractivity contribution < 1.29 is 9.53 Å². The van der Waals surface area contributed by atoms with Gasteiger partial charge in [0, 0.05) is 25.0 Å². The monoisotopic (exact) mass is 527 g/mol. The quantitative estimate of drug-likeness (QED) is 0.236. The van der Waals surface area contributed by atoms with Gasteiger partial charge >= 0.3 is 0 Å². The van der Waals surface area contributed by atoms with E-state index in [1.807, 2.05) is 36.7 Å². The number of fused-ring (bicyclic) bond motifs is 1. The third-order valence-electron chi connectivity index (χ3n) is 7.07. The number of aromatic nitrogens is 4. The second-order valence-electron chi connectivity index (χ2n) is 10.4. The van der Waals surface area contributed by atoms with Crippen LogP contribution in [0.2, 0.25) is 0 Å². The summed E-state index contributed by atoms with van der Waals surface area (Å²) in [6, 6.07) is 19.2. The van der Waals surface area contributed by atoms with Crippen molar-refractivity contribution in [1.29, 1.82) is 0 Å². The lowest BCUT2D eigenvalue weighted by molar-refractivity contribution is -0.119. The zero-order chi connectivity index (χ0) is 27.2. The van der Waals surface area contributed by atoms with Crippen LogP contribution in [0.1, 0.15) is 52.5 Å². The zero-order valence-corrected chi connectivity index (χ0v) is 22.9. The number of amides is 1. The second-order valence-corrected chi connectivity index (χ2v) is 10.4. The summed E-state index contributed by atoms with van der Waals surface area (Å²) < 4.78 is 8.05. The van der Waals surface area contributed by atoms with Gasteiger partial charge in [0.1, 0.15) is 12.4 Å². The maximum atomic E-state index is 11.4. The van der Waals surface area contributed by atoms with Crippen molar-refractivity contribution in [2.45, 2.75) is 64.6 Å². The van der Waals surface area contributed by atoms with Gasteiger partial charge in [-0.3, -0.25) is 4.79 Å². The molecule has 3 N–H and O–H groups in total. The maximum Gasteiger partial charge on any atom is 0.227 e. The number of rotatable bonds is 10. The van der Waals surface area contributed by atoms with E-state index in [0.29, 0.717) is 24.9 Å². The molecule has 0 bridgehead atoms. The molecule has 9 heteroatoms. The van der Waals surface area contributed by atoms with Gasteiger partial charge in [-0.25, -0.2) is 4.98 Å². The Bertz CT molecular complexity index is 1380. The summed E-state index contributed by atoms with van der Waals surface area (Å²) in [7, 11) is 0. The fourth-order valence-corrected chi connectivity index (χ4v) is 5.05. The number of nitrogens with zero attached hydrogens (tertiary/aromatic N) is 4. The first-order valence-corrected chi connectivity index (χ1v) is 13.8. The van der Waals surface area contributed by atoms with Crippen molar-refractivity contribution in [2.75, 3.05) is 23.8 Å². The molecule has 0 radical (unpaired) electrons. The Morgan fingerprint density at radius 2 is 1.67 bits per heavy atom. The van der Waals surface area contributed by atoms with Gasteiger partial charge < -0.3 is 25.3 Å². The summed E-state index contributed by atoms with van der Waals surface area (Å²) >= 11 is 0. The first kappa shape index (κ1) is 26.5. The van der Waals surface area contributed by atoms with Crippen LogP contribution in [0.4, 0.5) is 11.8 Å². The molecule has 204 valence electrons. The van der Waals surface area contributed by atoms with E-state index in [9.17, 15) is 4.79 Å². The van der Waals surface area contributed by atoms with Gasteiger partial charge in [-0.2, -0.15) is 9.97 Å². The summed E-state index contributed by atoms with van der Waals surface area (Å²) in [5.74, 6) is 2.14. The molecule has 2 heterocycles. The number of hydrogen-bond donors (Lipinski definition) is 3. The molecule has 1 fully saturated rings. The highest BCUT2D eigenvalue weighted by Gasteiger charge is 2.23. The smallest absolute Gasteiger partial charge is 0.227 e. The van der Waals surface area contributed by atoms with Crippen molar-refractivity contribution in [3.05, 3.63) is 60.9 Å². The van der Waals surface area contributed by atoms with Crippen molar-refractivity contribution in [3.63, 3.8) is 0 Å². The number of carbonyl (C=O) groups is 1. The molecule has 0 saturated heterocycles. The van der Waals surface area contributed by atoms with E-state index in [-0.39, 0.29) is 24.0 Å². The molecule has 0 spiro atoms. The third-order valence-corrected chi connectivity index (χ3v) is 7.07. The van der Waals surface area contributed by atoms with Crippen LogP contribution in [-0.4, -0.2) is 50.7 Å². The van der Waals surface area contributed by atoms with Gasteiger partial charge in [0.15, 0.2) is 17.0 Å². The lowest BCUT2D eigenvalue weighted by Crippen LogP contribution is -2.39. The summed E-state index contributed by atoms with van der Waals surface area (Å²) in [5.41, 5.74) is 3.89. The normalized spacial score (nSPS) is 17.2. The van der Waals surface area contributed by atoms with Crippen LogP contribution in [-0.2, 0) is 4.79 Å². The average molecular weight is 528 g/mol. The minimum absolute atomic E-state index is 0.0334. The van der Waals surface area contributed by atoms with Gasteiger partial charge in [-0.15, -0.1) is 0 Å². The molecule has 1 aliphatic carbocycles. The number of imidazole rings is 1. The largest absolute Gasteiger partial charge is 0.492 e. The first-order chi connectivity index (χ1) is 19.0. The highest BCUT2D eigenvalue weighted by atomic mass is 16.5. The van der Waals surface area contributed by atoms with Gasteiger partial charge in [-0.1, -0.05) is 42.5 Å². The van der Waals surface area contributed by atoms with Crippen LogP contribution < -0.4 is 20.7 Å². The molecule has 9 nitrogen and oxygen atoms in total. The highest BCUT2D eigenvalue weighted by Crippen LogP contribution is 2.26. The zero-order valence-electron chi connectivity index (χ0n) is 22.9. The Morgan fingerprint density at radius 3 is 2.36 bits per heavy atom. The molecule has 1 amide bonds. The van der Waals surface area contributed by atoms with Crippen LogP contribution in [0.25, 0.3) is 22.3 Å². The van der Waals surface area contributed by atoms with Crippen LogP contribution in [0.3, 0.4) is 0 Å². The van der Waals surface area contributed by atoms with Crippen LogP contribution >= 0.6 is 0 Å². The molecule has 0 atom stereocenters. The van der Waals surface area contributed by atoms with E-state index in [4.69, 9.17) is 14.7 Å². The van der Waals surface area contributed by atoms with Crippen molar-refractivity contribution in [1.82, 2.24) is 24.8 Å². The summed E-state index contributed by atoms with van der Waals surface area (Å²) in [6.45, 7) is 6.86. The van der Waals surface area contributed by atoms with Crippen LogP contribution in [0.15, 0.2) is 60.9 Å². The Labute approximate surface area is 229 Å². The lowest BCUT2D eigenvalue weighted by Gasteiger charge is -2.29. The van der Waals surface area contributed by atoms with E-state index in [0.717, 1.165) is 48.2 Å². The second kappa shape index (κ2) is 12.1.